The normalized spacial score (nSPS) is 19.0. The first-order chi connectivity index (χ1) is 22.0. The Morgan fingerprint density at radius 3 is 2.20 bits per heavy atom. The zero-order valence-electron chi connectivity index (χ0n) is 25.3. The molecule has 2 atom stereocenters. The lowest BCUT2D eigenvalue weighted by molar-refractivity contribution is -0.497. The second kappa shape index (κ2) is 14.4. The molecular weight excluding hydrogens is 568 g/mol. The van der Waals surface area contributed by atoms with Crippen molar-refractivity contribution in [1.82, 2.24) is 10.3 Å². The molecule has 0 aromatic heterocycles. The molecule has 1 saturated carbocycles. The van der Waals surface area contributed by atoms with Gasteiger partial charge in [-0.15, -0.1) is 0 Å². The zero-order chi connectivity index (χ0) is 31.1. The number of likely N-dealkylation sites (tertiary alicyclic amines) is 1. The maximum atomic E-state index is 13.3. The summed E-state index contributed by atoms with van der Waals surface area (Å²) < 4.78 is 12.5. The van der Waals surface area contributed by atoms with E-state index in [9.17, 15) is 4.79 Å². The molecule has 0 spiro atoms. The van der Waals surface area contributed by atoms with Crippen LogP contribution in [0.2, 0.25) is 0 Å². The molecule has 0 radical (unpaired) electrons. The van der Waals surface area contributed by atoms with Crippen molar-refractivity contribution in [2.45, 2.75) is 50.9 Å². The van der Waals surface area contributed by atoms with E-state index in [2.05, 4.69) is 78.9 Å². The van der Waals surface area contributed by atoms with Gasteiger partial charge >= 0.3 is 6.09 Å². The summed E-state index contributed by atoms with van der Waals surface area (Å²) in [4.78, 5) is 19.8. The lowest BCUT2D eigenvalue weighted by Gasteiger charge is -2.39. The molecule has 8 heteroatoms. The van der Waals surface area contributed by atoms with Crippen molar-refractivity contribution in [3.63, 3.8) is 0 Å². The van der Waals surface area contributed by atoms with Gasteiger partial charge in [0.05, 0.1) is 31.3 Å². The molecule has 1 amide bonds. The van der Waals surface area contributed by atoms with Crippen LogP contribution in [-0.2, 0) is 33.9 Å². The number of ether oxygens (including phenoxy) is 2. The molecule has 4 aromatic rings. The van der Waals surface area contributed by atoms with Crippen LogP contribution < -0.4 is 0 Å². The van der Waals surface area contributed by atoms with Crippen LogP contribution in [0.5, 0.6) is 0 Å². The summed E-state index contributed by atoms with van der Waals surface area (Å²) in [5.74, 6) is 0.152. The average molecular weight is 609 g/mol. The third kappa shape index (κ3) is 8.36. The molecule has 8 nitrogen and oxygen atoms in total. The van der Waals surface area contributed by atoms with Crippen molar-refractivity contribution >= 4 is 6.09 Å². The molecule has 45 heavy (non-hydrogen) atoms. The fraction of sp³-hybridized carbons (Fsp3) is 0.324. The first-order valence-electron chi connectivity index (χ1n) is 15.6. The quantitative estimate of drug-likeness (QED) is 0.162. The van der Waals surface area contributed by atoms with Crippen molar-refractivity contribution < 1.29 is 29.5 Å². The van der Waals surface area contributed by atoms with Gasteiger partial charge in [-0.3, -0.25) is 10.4 Å². The van der Waals surface area contributed by atoms with Crippen LogP contribution in [0.1, 0.15) is 47.4 Å². The Morgan fingerprint density at radius 2 is 1.47 bits per heavy atom. The van der Waals surface area contributed by atoms with Gasteiger partial charge in [-0.2, -0.15) is 0 Å². The molecule has 0 bridgehead atoms. The molecule has 2 N–H and O–H groups in total. The lowest BCUT2D eigenvalue weighted by atomic mass is 9.85. The molecule has 4 aromatic carbocycles. The summed E-state index contributed by atoms with van der Waals surface area (Å²) in [6, 6.07) is 37.0. The molecule has 2 fully saturated rings. The van der Waals surface area contributed by atoms with Crippen LogP contribution in [0, 0.1) is 5.41 Å². The molecular formula is C37H40N2O6. The molecule has 1 unspecified atom stereocenters. The van der Waals surface area contributed by atoms with Crippen LogP contribution in [-0.4, -0.2) is 52.6 Å². The van der Waals surface area contributed by atoms with E-state index >= 15 is 0 Å². The van der Waals surface area contributed by atoms with E-state index in [1.165, 1.54) is 22.3 Å². The molecule has 1 aliphatic carbocycles. The minimum atomic E-state index is -0.371. The van der Waals surface area contributed by atoms with Gasteiger partial charge < -0.3 is 14.4 Å². The maximum absolute atomic E-state index is 13.3. The van der Waals surface area contributed by atoms with Crippen molar-refractivity contribution in [2.75, 3.05) is 19.7 Å². The number of carbonyl (C=O) groups is 1. The molecule has 2 aliphatic rings. The molecule has 1 saturated heterocycles. The lowest BCUT2D eigenvalue weighted by Crippen LogP contribution is -2.47. The standard InChI is InChI=1S/C37H40N2O6/c40-36(43-25-29-11-7-12-30(21-29)26-45-39(41)42)38-20-17-34(33-16-8-15-32(22-33)31-13-5-2-6-14-31)35(24-38)44-27-37(18-19-37)23-28-9-3-1-4-10-28/h1-16,21-22,34-35,41-42H,17-20,23-27H2/t34-,35?/m1/s1. The topological polar surface area (TPSA) is 91.7 Å². The van der Waals surface area contributed by atoms with Crippen LogP contribution in [0.15, 0.2) is 109 Å². The predicted octanol–water partition coefficient (Wildman–Crippen LogP) is 7.40. The monoisotopic (exact) mass is 608 g/mol. The fourth-order valence-electron chi connectivity index (χ4n) is 6.25. The van der Waals surface area contributed by atoms with Crippen molar-refractivity contribution in [1.29, 1.82) is 0 Å². The van der Waals surface area contributed by atoms with Gasteiger partial charge in [0.25, 0.3) is 0 Å². The van der Waals surface area contributed by atoms with E-state index in [0.717, 1.165) is 31.2 Å². The first kappa shape index (κ1) is 31.0. The van der Waals surface area contributed by atoms with Crippen molar-refractivity contribution in [3.05, 3.63) is 131 Å². The number of benzene rings is 4. The Bertz CT molecular complexity index is 1540. The third-order valence-corrected chi connectivity index (χ3v) is 8.92. The third-order valence-electron chi connectivity index (χ3n) is 8.92. The van der Waals surface area contributed by atoms with E-state index < -0.39 is 0 Å². The predicted molar refractivity (Wildman–Crippen MR) is 169 cm³/mol. The molecule has 6 rings (SSSR count). The molecule has 1 aliphatic heterocycles. The summed E-state index contributed by atoms with van der Waals surface area (Å²) in [7, 11) is 0. The van der Waals surface area contributed by atoms with E-state index in [1.807, 2.05) is 18.2 Å². The Kier molecular flexibility index (Phi) is 9.88. The Hall–Kier alpha value is -4.05. The summed E-state index contributed by atoms with van der Waals surface area (Å²) >= 11 is 0. The van der Waals surface area contributed by atoms with Gasteiger partial charge in [-0.05, 0) is 64.5 Å². The minimum absolute atomic E-state index is 0.0292. The van der Waals surface area contributed by atoms with Crippen LogP contribution in [0.4, 0.5) is 4.79 Å². The average Bonchev–Trinajstić information content (AvgIpc) is 3.85. The molecule has 1 heterocycles. The second-order valence-corrected chi connectivity index (χ2v) is 12.2. The Balaban J connectivity index is 1.14. The van der Waals surface area contributed by atoms with Gasteiger partial charge in [0.2, 0.25) is 0 Å². The van der Waals surface area contributed by atoms with Gasteiger partial charge in [-0.25, -0.2) is 9.63 Å². The zero-order valence-corrected chi connectivity index (χ0v) is 25.3. The molecule has 234 valence electrons. The van der Waals surface area contributed by atoms with Gasteiger partial charge in [0.15, 0.2) is 0 Å². The SMILES string of the molecule is O=C(OCc1cccc(CON(O)O)c1)N1CC[C@H](c2cccc(-c3ccccc3)c2)C(OCC2(Cc3ccccc3)CC2)C1. The number of piperidine rings is 1. The first-order valence-corrected chi connectivity index (χ1v) is 15.6. The number of nitrogens with zero attached hydrogens (tertiary/aromatic N) is 2. The van der Waals surface area contributed by atoms with Crippen molar-refractivity contribution in [2.24, 2.45) is 5.41 Å². The number of rotatable bonds is 12. The summed E-state index contributed by atoms with van der Waals surface area (Å²) in [6.45, 7) is 1.76. The van der Waals surface area contributed by atoms with Gasteiger partial charge in [0, 0.05) is 12.5 Å². The smallest absolute Gasteiger partial charge is 0.410 e. The Morgan fingerprint density at radius 1 is 0.800 bits per heavy atom. The summed E-state index contributed by atoms with van der Waals surface area (Å²) in [6.07, 6.45) is 3.53. The minimum Gasteiger partial charge on any atom is -0.445 e. The van der Waals surface area contributed by atoms with E-state index in [-0.39, 0.29) is 42.1 Å². The highest BCUT2D eigenvalue weighted by molar-refractivity contribution is 5.68. The van der Waals surface area contributed by atoms with Crippen LogP contribution in [0.3, 0.4) is 0 Å². The van der Waals surface area contributed by atoms with E-state index in [0.29, 0.717) is 25.3 Å². The highest BCUT2D eigenvalue weighted by Crippen LogP contribution is 2.49. The highest BCUT2D eigenvalue weighted by atomic mass is 17.1. The Labute approximate surface area is 264 Å². The van der Waals surface area contributed by atoms with E-state index in [1.54, 1.807) is 17.0 Å². The highest BCUT2D eigenvalue weighted by Gasteiger charge is 2.44. The number of carbonyl (C=O) groups excluding carboxylic acids is 1. The van der Waals surface area contributed by atoms with Crippen LogP contribution >= 0.6 is 0 Å². The summed E-state index contributed by atoms with van der Waals surface area (Å²) in [5, 5.41) is 17.3. The van der Waals surface area contributed by atoms with E-state index in [4.69, 9.17) is 24.7 Å². The van der Waals surface area contributed by atoms with Gasteiger partial charge in [0.1, 0.15) is 6.61 Å². The fourth-order valence-corrected chi connectivity index (χ4v) is 6.25. The number of amides is 1. The van der Waals surface area contributed by atoms with Gasteiger partial charge in [-0.1, -0.05) is 109 Å². The van der Waals surface area contributed by atoms with Crippen LogP contribution in [0.25, 0.3) is 11.1 Å². The maximum Gasteiger partial charge on any atom is 0.410 e. The summed E-state index contributed by atoms with van der Waals surface area (Å²) in [5.41, 5.74) is 6.56. The second-order valence-electron chi connectivity index (χ2n) is 12.2. The number of hydrogen-bond acceptors (Lipinski definition) is 7. The number of hydrogen-bond donors (Lipinski definition) is 2. The van der Waals surface area contributed by atoms with Crippen molar-refractivity contribution in [3.8, 4) is 11.1 Å². The largest absolute Gasteiger partial charge is 0.445 e.